The zero-order valence-corrected chi connectivity index (χ0v) is 10.9. The topological polar surface area (TPSA) is 49.4 Å². The first-order valence-corrected chi connectivity index (χ1v) is 5.46. The van der Waals surface area contributed by atoms with Gasteiger partial charge >= 0.3 is 0 Å². The summed E-state index contributed by atoms with van der Waals surface area (Å²) in [6, 6.07) is 0. The summed E-state index contributed by atoms with van der Waals surface area (Å²) in [5.41, 5.74) is 1.16. The van der Waals surface area contributed by atoms with Crippen molar-refractivity contribution in [3.8, 4) is 0 Å². The van der Waals surface area contributed by atoms with Crippen molar-refractivity contribution in [3.05, 3.63) is 11.6 Å². The molecule has 94 valence electrons. The molecule has 4 nitrogen and oxygen atoms in total. The predicted octanol–water partition coefficient (Wildman–Crippen LogP) is 0.184. The summed E-state index contributed by atoms with van der Waals surface area (Å²) in [6.07, 6.45) is 1.60. The highest BCUT2D eigenvalue weighted by atomic mass is 16.5. The molecule has 0 aliphatic heterocycles. The number of carboxylic acid groups (broad SMARTS) is 1. The molecule has 0 aromatic heterocycles. The highest BCUT2D eigenvalue weighted by molar-refractivity contribution is 5.64. The lowest BCUT2D eigenvalue weighted by Crippen LogP contribution is -2.44. The Labute approximate surface area is 98.1 Å². The van der Waals surface area contributed by atoms with Crippen LogP contribution in [-0.2, 0) is 9.53 Å². The summed E-state index contributed by atoms with van der Waals surface area (Å²) in [7, 11) is 6.02. The van der Waals surface area contributed by atoms with Crippen LogP contribution in [0.25, 0.3) is 0 Å². The van der Waals surface area contributed by atoms with Gasteiger partial charge in [-0.25, -0.2) is 0 Å². The molecular weight excluding hydrogens is 206 g/mol. The van der Waals surface area contributed by atoms with Crippen molar-refractivity contribution in [1.82, 2.24) is 0 Å². The van der Waals surface area contributed by atoms with Crippen LogP contribution in [0.15, 0.2) is 11.6 Å². The number of aliphatic carboxylic acids is 1. The Hall–Kier alpha value is -0.870. The first-order chi connectivity index (χ1) is 7.20. The summed E-state index contributed by atoms with van der Waals surface area (Å²) < 4.78 is 6.20. The lowest BCUT2D eigenvalue weighted by molar-refractivity contribution is -0.873. The van der Waals surface area contributed by atoms with Gasteiger partial charge in [-0.15, -0.1) is 0 Å². The molecule has 0 aromatic carbocycles. The van der Waals surface area contributed by atoms with E-state index >= 15 is 0 Å². The Bertz CT molecular complexity index is 249. The number of quaternary nitrogens is 1. The second-order valence-corrected chi connectivity index (χ2v) is 5.29. The molecule has 0 spiro atoms. The number of carboxylic acids is 1. The van der Waals surface area contributed by atoms with Crippen molar-refractivity contribution >= 4 is 5.97 Å². The molecule has 0 aliphatic carbocycles. The number of nitrogens with zero attached hydrogens (tertiary/aromatic N) is 1. The van der Waals surface area contributed by atoms with Crippen molar-refractivity contribution in [2.75, 3.05) is 34.3 Å². The van der Waals surface area contributed by atoms with Gasteiger partial charge in [0.05, 0.1) is 27.7 Å². The highest BCUT2D eigenvalue weighted by Gasteiger charge is 2.18. The van der Waals surface area contributed by atoms with Crippen LogP contribution < -0.4 is 5.11 Å². The molecule has 0 radical (unpaired) electrons. The minimum absolute atomic E-state index is 0.0495. The van der Waals surface area contributed by atoms with Crippen molar-refractivity contribution in [2.24, 2.45) is 0 Å². The third kappa shape index (κ3) is 9.68. The van der Waals surface area contributed by atoms with Gasteiger partial charge in [-0.1, -0.05) is 11.6 Å². The molecule has 0 bridgehead atoms. The normalized spacial score (nSPS) is 13.3. The van der Waals surface area contributed by atoms with Gasteiger partial charge in [-0.3, -0.25) is 0 Å². The fraction of sp³-hybridized carbons (Fsp3) is 0.750. The minimum atomic E-state index is -1.06. The van der Waals surface area contributed by atoms with E-state index in [-0.39, 0.29) is 12.5 Å². The second-order valence-electron chi connectivity index (χ2n) is 5.29. The third-order valence-corrected chi connectivity index (χ3v) is 1.97. The molecule has 0 amide bonds. The predicted molar refractivity (Wildman–Crippen MR) is 61.7 cm³/mol. The van der Waals surface area contributed by atoms with E-state index in [2.05, 4.69) is 0 Å². The van der Waals surface area contributed by atoms with Gasteiger partial charge in [0, 0.05) is 12.4 Å². The second kappa shape index (κ2) is 6.66. The quantitative estimate of drug-likeness (QED) is 0.462. The van der Waals surface area contributed by atoms with Crippen LogP contribution in [0.5, 0.6) is 0 Å². The zero-order chi connectivity index (χ0) is 12.8. The van der Waals surface area contributed by atoms with E-state index < -0.39 is 5.97 Å². The highest BCUT2D eigenvalue weighted by Crippen LogP contribution is 2.04. The number of ether oxygens (including phenoxy) is 1. The van der Waals surface area contributed by atoms with Crippen LogP contribution in [0.4, 0.5) is 0 Å². The van der Waals surface area contributed by atoms with E-state index in [4.69, 9.17) is 4.74 Å². The van der Waals surface area contributed by atoms with Gasteiger partial charge in [0.25, 0.3) is 0 Å². The Balaban J connectivity index is 4.21. The maximum atomic E-state index is 10.6. The molecule has 0 N–H and O–H groups in total. The molecule has 0 saturated heterocycles. The summed E-state index contributed by atoms with van der Waals surface area (Å²) in [5, 5.41) is 10.6. The number of carbonyl (C=O) groups is 1. The molecule has 1 unspecified atom stereocenters. The Kier molecular flexibility index (Phi) is 6.29. The van der Waals surface area contributed by atoms with E-state index in [0.717, 1.165) is 5.57 Å². The van der Waals surface area contributed by atoms with E-state index in [1.165, 1.54) is 0 Å². The summed E-state index contributed by atoms with van der Waals surface area (Å²) >= 11 is 0. The molecule has 4 heteroatoms. The van der Waals surface area contributed by atoms with Gasteiger partial charge in [-0.05, 0) is 13.8 Å². The molecule has 0 rings (SSSR count). The SMILES string of the molecule is CC(C)=CCOC(CC(=O)[O-])C[N+](C)(C)C. The average Bonchev–Trinajstić information content (AvgIpc) is 1.98. The third-order valence-electron chi connectivity index (χ3n) is 1.97. The molecule has 1 atom stereocenters. The van der Waals surface area contributed by atoms with Crippen molar-refractivity contribution in [3.63, 3.8) is 0 Å². The monoisotopic (exact) mass is 229 g/mol. The fourth-order valence-corrected chi connectivity index (χ4v) is 1.32. The fourth-order valence-electron chi connectivity index (χ4n) is 1.32. The molecule has 0 aliphatic rings. The van der Waals surface area contributed by atoms with Crippen molar-refractivity contribution in [2.45, 2.75) is 26.4 Å². The van der Waals surface area contributed by atoms with E-state index in [1.54, 1.807) is 0 Å². The van der Waals surface area contributed by atoms with Gasteiger partial charge in [-0.2, -0.15) is 0 Å². The van der Waals surface area contributed by atoms with Crippen molar-refractivity contribution < 1.29 is 19.1 Å². The van der Waals surface area contributed by atoms with Crippen LogP contribution in [0.2, 0.25) is 0 Å². The average molecular weight is 229 g/mol. The molecular formula is C12H23NO3. The number of hydrogen-bond acceptors (Lipinski definition) is 3. The molecule has 16 heavy (non-hydrogen) atoms. The van der Waals surface area contributed by atoms with Crippen LogP contribution in [0.3, 0.4) is 0 Å². The van der Waals surface area contributed by atoms with Crippen LogP contribution >= 0.6 is 0 Å². The summed E-state index contributed by atoms with van der Waals surface area (Å²) in [6.45, 7) is 5.08. The molecule has 0 saturated carbocycles. The Morgan fingerprint density at radius 3 is 2.31 bits per heavy atom. The lowest BCUT2D eigenvalue weighted by Gasteiger charge is -2.29. The van der Waals surface area contributed by atoms with Crippen LogP contribution in [0.1, 0.15) is 20.3 Å². The number of hydrogen-bond donors (Lipinski definition) is 0. The molecule has 0 fully saturated rings. The largest absolute Gasteiger partial charge is 0.550 e. The number of rotatable bonds is 7. The Morgan fingerprint density at radius 2 is 1.94 bits per heavy atom. The van der Waals surface area contributed by atoms with Gasteiger partial charge in [0.2, 0.25) is 0 Å². The Morgan fingerprint density at radius 1 is 1.38 bits per heavy atom. The number of likely N-dealkylation sites (N-methyl/N-ethyl adjacent to an activating group) is 1. The van der Waals surface area contributed by atoms with E-state index in [1.807, 2.05) is 41.1 Å². The zero-order valence-electron chi connectivity index (χ0n) is 10.9. The van der Waals surface area contributed by atoms with Crippen LogP contribution in [-0.4, -0.2) is 50.9 Å². The number of allylic oxidation sites excluding steroid dienone is 1. The lowest BCUT2D eigenvalue weighted by atomic mass is 10.2. The van der Waals surface area contributed by atoms with Crippen LogP contribution in [0, 0.1) is 0 Å². The summed E-state index contributed by atoms with van der Waals surface area (Å²) in [4.78, 5) is 10.6. The maximum Gasteiger partial charge on any atom is 0.112 e. The first-order valence-electron chi connectivity index (χ1n) is 5.46. The standard InChI is InChI=1S/C12H23NO3/c1-10(2)6-7-16-11(8-12(14)15)9-13(3,4)5/h6,11H,7-9H2,1-5H3. The van der Waals surface area contributed by atoms with Gasteiger partial charge in [0.1, 0.15) is 12.6 Å². The van der Waals surface area contributed by atoms with E-state index in [9.17, 15) is 9.90 Å². The van der Waals surface area contributed by atoms with Crippen molar-refractivity contribution in [1.29, 1.82) is 0 Å². The molecule has 0 heterocycles. The van der Waals surface area contributed by atoms with Gasteiger partial charge < -0.3 is 19.1 Å². The van der Waals surface area contributed by atoms with E-state index in [0.29, 0.717) is 17.6 Å². The first kappa shape index (κ1) is 15.1. The smallest absolute Gasteiger partial charge is 0.112 e. The summed E-state index contributed by atoms with van der Waals surface area (Å²) in [5.74, 6) is -1.06. The maximum absolute atomic E-state index is 10.6. The van der Waals surface area contributed by atoms with Gasteiger partial charge in [0.15, 0.2) is 0 Å². The minimum Gasteiger partial charge on any atom is -0.550 e. The number of carbonyl (C=O) groups excluding carboxylic acids is 1. The molecule has 0 aromatic rings.